The van der Waals surface area contributed by atoms with Crippen molar-refractivity contribution in [3.8, 4) is 0 Å². The lowest BCUT2D eigenvalue weighted by Gasteiger charge is -2.30. The zero-order valence-corrected chi connectivity index (χ0v) is 20.5. The van der Waals surface area contributed by atoms with Gasteiger partial charge in [-0.05, 0) is 80.8 Å². The van der Waals surface area contributed by atoms with E-state index in [9.17, 15) is 4.79 Å². The summed E-state index contributed by atoms with van der Waals surface area (Å²) in [6.07, 6.45) is 8.57. The van der Waals surface area contributed by atoms with Crippen LogP contribution >= 0.6 is 23.7 Å². The van der Waals surface area contributed by atoms with Gasteiger partial charge in [0, 0.05) is 34.5 Å². The van der Waals surface area contributed by atoms with Crippen LogP contribution < -0.4 is 4.90 Å². The van der Waals surface area contributed by atoms with Crippen molar-refractivity contribution >= 4 is 41.1 Å². The van der Waals surface area contributed by atoms with Crippen molar-refractivity contribution < 1.29 is 9.90 Å². The van der Waals surface area contributed by atoms with Gasteiger partial charge < -0.3 is 10.0 Å². The highest BCUT2D eigenvalue weighted by molar-refractivity contribution is 7.98. The second kappa shape index (κ2) is 11.8. The molecule has 0 bridgehead atoms. The molecule has 4 nitrogen and oxygen atoms in total. The minimum Gasteiger partial charge on any atom is -0.481 e. The normalized spacial score (nSPS) is 16.7. The van der Waals surface area contributed by atoms with Crippen LogP contribution in [0.25, 0.3) is 0 Å². The van der Waals surface area contributed by atoms with Crippen LogP contribution in [0.4, 0.5) is 11.4 Å². The minimum atomic E-state index is -0.708. The Labute approximate surface area is 195 Å². The summed E-state index contributed by atoms with van der Waals surface area (Å²) < 4.78 is 2.43. The Kier molecular flexibility index (Phi) is 9.17. The van der Waals surface area contributed by atoms with Crippen LogP contribution in [0.5, 0.6) is 0 Å². The molecule has 0 saturated carbocycles. The minimum absolute atomic E-state index is 0.248. The summed E-state index contributed by atoms with van der Waals surface area (Å²) in [5.41, 5.74) is 3.85. The molecule has 31 heavy (non-hydrogen) atoms. The number of carboxylic acid groups (broad SMARTS) is 1. The molecule has 1 aliphatic heterocycles. The Hall–Kier alpha value is -1.63. The van der Waals surface area contributed by atoms with Gasteiger partial charge in [0.05, 0.1) is 5.69 Å². The van der Waals surface area contributed by atoms with Gasteiger partial charge in [-0.3, -0.25) is 4.79 Å². The highest BCUT2D eigenvalue weighted by Crippen LogP contribution is 2.44. The first-order valence-electron chi connectivity index (χ1n) is 11.2. The van der Waals surface area contributed by atoms with Gasteiger partial charge in [-0.15, -0.1) is 11.8 Å². The van der Waals surface area contributed by atoms with E-state index in [-0.39, 0.29) is 6.42 Å². The predicted octanol–water partition coefficient (Wildman–Crippen LogP) is 6.86. The number of aryl methyl sites for hydroxylation is 1. The maximum absolute atomic E-state index is 10.9. The molecule has 6 heteroatoms. The summed E-state index contributed by atoms with van der Waals surface area (Å²) in [6, 6.07) is 15.9. The van der Waals surface area contributed by atoms with Gasteiger partial charge in [0.2, 0.25) is 0 Å². The largest absolute Gasteiger partial charge is 0.481 e. The van der Waals surface area contributed by atoms with Crippen molar-refractivity contribution in [3.63, 3.8) is 0 Å². The highest BCUT2D eigenvalue weighted by Gasteiger charge is 2.28. The Balaban J connectivity index is 1.95. The zero-order valence-electron chi connectivity index (χ0n) is 18.8. The maximum Gasteiger partial charge on any atom is 0.303 e. The number of thioether (sulfide) groups is 1. The first-order valence-corrected chi connectivity index (χ1v) is 13.2. The molecule has 3 rings (SSSR count). The standard InChI is InChI=1S/C25H34N2O2S2/c1-4-5-12-21-18-27(20-13-7-6-8-14-20)22-17-23(30-3)19(11-9-10-15-25(28)29)16-24(22)31-26(21)2/h6-8,13-14,16-17,21H,4-5,9-12,15,18H2,1-3H3,(H,28,29). The number of hydrogen-bond donors (Lipinski definition) is 1. The van der Waals surface area contributed by atoms with Crippen molar-refractivity contribution in [2.45, 2.75) is 67.7 Å². The zero-order chi connectivity index (χ0) is 22.2. The SMILES string of the molecule is CCCCC1CN(c2ccccc2)c2cc(SC)c(CCCCC(=O)O)cc2SN1C. The number of benzene rings is 2. The van der Waals surface area contributed by atoms with Crippen LogP contribution in [0, 0.1) is 0 Å². The second-order valence-electron chi connectivity index (χ2n) is 8.11. The van der Waals surface area contributed by atoms with Gasteiger partial charge in [0.1, 0.15) is 0 Å². The number of hydrogen-bond acceptors (Lipinski definition) is 5. The number of aliphatic carboxylic acids is 1. The summed E-state index contributed by atoms with van der Waals surface area (Å²) in [6.45, 7) is 3.24. The molecule has 1 heterocycles. The topological polar surface area (TPSA) is 43.8 Å². The van der Waals surface area contributed by atoms with Crippen LogP contribution in [-0.2, 0) is 11.2 Å². The van der Waals surface area contributed by atoms with Crippen LogP contribution in [-0.4, -0.2) is 41.3 Å². The molecule has 0 spiro atoms. The molecule has 2 aromatic carbocycles. The molecule has 0 saturated heterocycles. The molecule has 168 valence electrons. The predicted molar refractivity (Wildman–Crippen MR) is 134 cm³/mol. The molecule has 0 radical (unpaired) electrons. The first-order chi connectivity index (χ1) is 15.0. The van der Waals surface area contributed by atoms with Gasteiger partial charge in [-0.2, -0.15) is 0 Å². The Morgan fingerprint density at radius 1 is 1.19 bits per heavy atom. The fourth-order valence-corrected chi connectivity index (χ4v) is 5.81. The molecule has 0 fully saturated rings. The van der Waals surface area contributed by atoms with E-state index in [4.69, 9.17) is 5.11 Å². The monoisotopic (exact) mass is 458 g/mol. The van der Waals surface area contributed by atoms with Crippen LogP contribution in [0.15, 0.2) is 52.3 Å². The number of unbranched alkanes of at least 4 members (excludes halogenated alkanes) is 2. The third kappa shape index (κ3) is 6.43. The fourth-order valence-electron chi connectivity index (χ4n) is 4.07. The summed E-state index contributed by atoms with van der Waals surface area (Å²) in [4.78, 5) is 15.9. The van der Waals surface area contributed by atoms with E-state index in [1.807, 2.05) is 11.9 Å². The van der Waals surface area contributed by atoms with Crippen molar-refractivity contribution in [1.82, 2.24) is 4.31 Å². The van der Waals surface area contributed by atoms with Crippen LogP contribution in [0.1, 0.15) is 51.0 Å². The Morgan fingerprint density at radius 2 is 1.97 bits per heavy atom. The third-order valence-electron chi connectivity index (χ3n) is 5.85. The number of carboxylic acids is 1. The number of rotatable bonds is 10. The van der Waals surface area contributed by atoms with Crippen molar-refractivity contribution in [2.24, 2.45) is 0 Å². The number of carbonyl (C=O) groups is 1. The van der Waals surface area contributed by atoms with Crippen LogP contribution in [0.3, 0.4) is 0 Å². The molecule has 1 aliphatic rings. The lowest BCUT2D eigenvalue weighted by molar-refractivity contribution is -0.137. The number of likely N-dealkylation sites (N-methyl/N-ethyl adjacent to an activating group) is 1. The van der Waals surface area contributed by atoms with E-state index < -0.39 is 5.97 Å². The van der Waals surface area contributed by atoms with E-state index in [0.29, 0.717) is 6.04 Å². The maximum atomic E-state index is 10.9. The molecule has 2 aromatic rings. The molecule has 0 aliphatic carbocycles. The summed E-state index contributed by atoms with van der Waals surface area (Å²) in [7, 11) is 2.22. The molecule has 1 atom stereocenters. The molecule has 0 aromatic heterocycles. The van der Waals surface area contributed by atoms with Crippen LogP contribution in [0.2, 0.25) is 0 Å². The van der Waals surface area contributed by atoms with E-state index in [1.54, 1.807) is 11.8 Å². The highest BCUT2D eigenvalue weighted by atomic mass is 32.2. The summed E-state index contributed by atoms with van der Waals surface area (Å²) in [5.74, 6) is -0.708. The number of fused-ring (bicyclic) bond motifs is 1. The molecule has 1 unspecified atom stereocenters. The number of para-hydroxylation sites is 1. The van der Waals surface area contributed by atoms with Crippen molar-refractivity contribution in [1.29, 1.82) is 0 Å². The Bertz CT molecular complexity index is 860. The molecule has 1 N–H and O–H groups in total. The van der Waals surface area contributed by atoms with E-state index in [1.165, 1.54) is 46.0 Å². The average molecular weight is 459 g/mol. The van der Waals surface area contributed by atoms with E-state index in [0.717, 1.165) is 25.8 Å². The van der Waals surface area contributed by atoms with Gasteiger partial charge in [0.15, 0.2) is 0 Å². The van der Waals surface area contributed by atoms with Crippen molar-refractivity contribution in [2.75, 3.05) is 24.7 Å². The first kappa shape index (κ1) is 24.0. The van der Waals surface area contributed by atoms with E-state index in [2.05, 4.69) is 71.9 Å². The Morgan fingerprint density at radius 3 is 2.65 bits per heavy atom. The van der Waals surface area contributed by atoms with Gasteiger partial charge in [-0.25, -0.2) is 4.31 Å². The molecular formula is C25H34N2O2S2. The number of anilines is 2. The quantitative estimate of drug-likeness (QED) is 0.238. The summed E-state index contributed by atoms with van der Waals surface area (Å²) >= 11 is 3.64. The van der Waals surface area contributed by atoms with Gasteiger partial charge in [-0.1, -0.05) is 38.0 Å². The number of nitrogens with zero attached hydrogens (tertiary/aromatic N) is 2. The fraction of sp³-hybridized carbons (Fsp3) is 0.480. The second-order valence-corrected chi connectivity index (χ2v) is 10.2. The smallest absolute Gasteiger partial charge is 0.303 e. The lowest BCUT2D eigenvalue weighted by Crippen LogP contribution is -2.35. The average Bonchev–Trinajstić information content (AvgIpc) is 2.90. The lowest BCUT2D eigenvalue weighted by atomic mass is 10.0. The van der Waals surface area contributed by atoms with Gasteiger partial charge >= 0.3 is 5.97 Å². The van der Waals surface area contributed by atoms with E-state index >= 15 is 0 Å². The molecule has 0 amide bonds. The molecular weight excluding hydrogens is 424 g/mol. The van der Waals surface area contributed by atoms with Gasteiger partial charge in [0.25, 0.3) is 0 Å². The third-order valence-corrected chi connectivity index (χ3v) is 7.78. The van der Waals surface area contributed by atoms with Crippen molar-refractivity contribution in [3.05, 3.63) is 48.0 Å². The summed E-state index contributed by atoms with van der Waals surface area (Å²) in [5, 5.41) is 8.94.